The maximum Gasteiger partial charge on any atom is 0.328 e. The second kappa shape index (κ2) is 13.7. The van der Waals surface area contributed by atoms with Crippen molar-refractivity contribution in [3.8, 4) is 11.5 Å². The summed E-state index contributed by atoms with van der Waals surface area (Å²) in [5.41, 5.74) is 4.81. The zero-order chi connectivity index (χ0) is 28.4. The number of carboxylic acid groups (broad SMARTS) is 1. The number of nitrogens with one attached hydrogen (secondary N) is 1. The average Bonchev–Trinajstić information content (AvgIpc) is 2.91. The molecule has 6 nitrogen and oxygen atoms in total. The molecule has 0 saturated heterocycles. The third-order valence-electron chi connectivity index (χ3n) is 6.72. The van der Waals surface area contributed by atoms with Gasteiger partial charge in [-0.05, 0) is 85.2 Å². The SMILES string of the molecule is CCC(=CC(=O)O)c1ccc(NC(=O)C(C)(C)CCCOc2cc(C)c(OCc3ccccc3)cc2C)cc1. The van der Waals surface area contributed by atoms with E-state index in [9.17, 15) is 9.59 Å². The van der Waals surface area contributed by atoms with E-state index in [1.807, 2.05) is 89.2 Å². The minimum Gasteiger partial charge on any atom is -0.493 e. The third-order valence-corrected chi connectivity index (χ3v) is 6.72. The number of aliphatic carboxylic acids is 1. The molecule has 0 atom stereocenters. The molecule has 6 heteroatoms. The zero-order valence-electron chi connectivity index (χ0n) is 23.5. The van der Waals surface area contributed by atoms with E-state index in [1.54, 1.807) is 12.1 Å². The molecule has 0 aliphatic heterocycles. The number of hydrogen-bond donors (Lipinski definition) is 2. The highest BCUT2D eigenvalue weighted by atomic mass is 16.5. The molecule has 3 aromatic carbocycles. The van der Waals surface area contributed by atoms with Gasteiger partial charge in [0.05, 0.1) is 6.61 Å². The summed E-state index contributed by atoms with van der Waals surface area (Å²) in [4.78, 5) is 24.0. The van der Waals surface area contributed by atoms with Crippen LogP contribution in [-0.2, 0) is 16.2 Å². The van der Waals surface area contributed by atoms with Crippen LogP contribution in [0.2, 0.25) is 0 Å². The Morgan fingerprint density at radius 2 is 1.54 bits per heavy atom. The molecule has 206 valence electrons. The Balaban J connectivity index is 1.49. The normalized spacial score (nSPS) is 11.7. The first-order chi connectivity index (χ1) is 18.6. The molecular weight excluding hydrogens is 490 g/mol. The number of aryl methyl sites for hydroxylation is 2. The maximum absolute atomic E-state index is 13.0. The number of amides is 1. The Hall–Kier alpha value is -4.06. The van der Waals surface area contributed by atoms with Crippen molar-refractivity contribution < 1.29 is 24.2 Å². The number of allylic oxidation sites excluding steroid dienone is 1. The maximum atomic E-state index is 13.0. The minimum atomic E-state index is -0.967. The summed E-state index contributed by atoms with van der Waals surface area (Å²) in [5, 5.41) is 12.0. The first-order valence-electron chi connectivity index (χ1n) is 13.3. The minimum absolute atomic E-state index is 0.0704. The number of benzene rings is 3. The standard InChI is InChI=1S/C33H39NO5/c1-6-26(21-31(35)36)27-13-15-28(16-14-27)34-32(37)33(4,5)17-10-18-38-29-19-24(3)30(20-23(29)2)39-22-25-11-8-7-9-12-25/h7-9,11-16,19-21H,6,10,17-18,22H2,1-5H3,(H,34,37)(H,35,36). The van der Waals surface area contributed by atoms with Gasteiger partial charge in [-0.25, -0.2) is 4.79 Å². The monoisotopic (exact) mass is 529 g/mol. The van der Waals surface area contributed by atoms with E-state index in [0.29, 0.717) is 31.7 Å². The fourth-order valence-corrected chi connectivity index (χ4v) is 4.23. The summed E-state index contributed by atoms with van der Waals surface area (Å²) in [6.45, 7) is 10.8. The summed E-state index contributed by atoms with van der Waals surface area (Å²) < 4.78 is 12.1. The molecule has 1 amide bonds. The van der Waals surface area contributed by atoms with Crippen molar-refractivity contribution in [1.82, 2.24) is 0 Å². The summed E-state index contributed by atoms with van der Waals surface area (Å²) in [7, 11) is 0. The van der Waals surface area contributed by atoms with Crippen molar-refractivity contribution in [3.63, 3.8) is 0 Å². The van der Waals surface area contributed by atoms with E-state index in [4.69, 9.17) is 14.6 Å². The van der Waals surface area contributed by atoms with E-state index in [2.05, 4.69) is 5.32 Å². The zero-order valence-corrected chi connectivity index (χ0v) is 23.5. The lowest BCUT2D eigenvalue weighted by Gasteiger charge is -2.24. The number of carbonyl (C=O) groups is 2. The summed E-state index contributed by atoms with van der Waals surface area (Å²) in [5.74, 6) is 0.632. The quantitative estimate of drug-likeness (QED) is 0.176. The van der Waals surface area contributed by atoms with Crippen LogP contribution in [0.5, 0.6) is 11.5 Å². The Morgan fingerprint density at radius 1 is 0.923 bits per heavy atom. The molecule has 0 heterocycles. The highest BCUT2D eigenvalue weighted by Crippen LogP contribution is 2.30. The van der Waals surface area contributed by atoms with Gasteiger partial charge in [0.2, 0.25) is 5.91 Å². The summed E-state index contributed by atoms with van der Waals surface area (Å²) >= 11 is 0. The van der Waals surface area contributed by atoms with Crippen molar-refractivity contribution in [2.75, 3.05) is 11.9 Å². The van der Waals surface area contributed by atoms with Gasteiger partial charge < -0.3 is 19.9 Å². The molecule has 0 spiro atoms. The Bertz CT molecular complexity index is 1290. The topological polar surface area (TPSA) is 84.9 Å². The first-order valence-corrected chi connectivity index (χ1v) is 13.3. The molecule has 39 heavy (non-hydrogen) atoms. The van der Waals surface area contributed by atoms with Gasteiger partial charge in [0.1, 0.15) is 18.1 Å². The van der Waals surface area contributed by atoms with Crippen molar-refractivity contribution in [2.45, 2.75) is 60.5 Å². The molecule has 0 bridgehead atoms. The molecule has 2 N–H and O–H groups in total. The van der Waals surface area contributed by atoms with E-state index < -0.39 is 11.4 Å². The number of ether oxygens (including phenoxy) is 2. The summed E-state index contributed by atoms with van der Waals surface area (Å²) in [6.07, 6.45) is 3.21. The molecule has 0 aliphatic rings. The van der Waals surface area contributed by atoms with E-state index in [0.717, 1.165) is 45.7 Å². The fraction of sp³-hybridized carbons (Fsp3) is 0.333. The van der Waals surface area contributed by atoms with Crippen LogP contribution < -0.4 is 14.8 Å². The predicted molar refractivity (Wildman–Crippen MR) is 156 cm³/mol. The fourth-order valence-electron chi connectivity index (χ4n) is 4.23. The highest BCUT2D eigenvalue weighted by molar-refractivity contribution is 5.95. The smallest absolute Gasteiger partial charge is 0.328 e. The Kier molecular flexibility index (Phi) is 10.3. The molecule has 3 rings (SSSR count). The largest absolute Gasteiger partial charge is 0.493 e. The molecule has 0 saturated carbocycles. The van der Waals surface area contributed by atoms with Gasteiger partial charge in [-0.15, -0.1) is 0 Å². The predicted octanol–water partition coefficient (Wildman–Crippen LogP) is 7.58. The Labute approximate surface area is 231 Å². The number of anilines is 1. The van der Waals surface area contributed by atoms with Crippen LogP contribution >= 0.6 is 0 Å². The van der Waals surface area contributed by atoms with Crippen molar-refractivity contribution in [2.24, 2.45) is 5.41 Å². The molecule has 0 fully saturated rings. The van der Waals surface area contributed by atoms with E-state index in [-0.39, 0.29) is 5.91 Å². The van der Waals surface area contributed by atoms with Gasteiger partial charge in [-0.1, -0.05) is 63.2 Å². The summed E-state index contributed by atoms with van der Waals surface area (Å²) in [6, 6.07) is 21.4. The van der Waals surface area contributed by atoms with Gasteiger partial charge in [-0.2, -0.15) is 0 Å². The molecule has 0 aromatic heterocycles. The van der Waals surface area contributed by atoms with Crippen LogP contribution in [0.15, 0.2) is 72.8 Å². The average molecular weight is 530 g/mol. The number of carboxylic acids is 1. The van der Waals surface area contributed by atoms with Crippen LogP contribution in [0.1, 0.15) is 62.3 Å². The van der Waals surface area contributed by atoms with Crippen LogP contribution in [0, 0.1) is 19.3 Å². The lowest BCUT2D eigenvalue weighted by Crippen LogP contribution is -2.31. The van der Waals surface area contributed by atoms with Crippen molar-refractivity contribution in [1.29, 1.82) is 0 Å². The first kappa shape index (κ1) is 29.5. The van der Waals surface area contributed by atoms with Crippen molar-refractivity contribution in [3.05, 3.63) is 95.1 Å². The van der Waals surface area contributed by atoms with Crippen molar-refractivity contribution >= 4 is 23.1 Å². The van der Waals surface area contributed by atoms with E-state index in [1.165, 1.54) is 6.08 Å². The second-order valence-corrected chi connectivity index (χ2v) is 10.4. The van der Waals surface area contributed by atoms with Gasteiger partial charge in [0.25, 0.3) is 0 Å². The van der Waals surface area contributed by atoms with Crippen LogP contribution in [0.3, 0.4) is 0 Å². The lowest BCUT2D eigenvalue weighted by molar-refractivity contribution is -0.131. The Morgan fingerprint density at radius 3 is 2.13 bits per heavy atom. The van der Waals surface area contributed by atoms with Gasteiger partial charge >= 0.3 is 5.97 Å². The molecule has 0 aliphatic carbocycles. The lowest BCUT2D eigenvalue weighted by atomic mass is 9.87. The number of hydrogen-bond acceptors (Lipinski definition) is 4. The molecule has 0 unspecified atom stereocenters. The van der Waals surface area contributed by atoms with Crippen LogP contribution in [0.25, 0.3) is 5.57 Å². The van der Waals surface area contributed by atoms with E-state index >= 15 is 0 Å². The van der Waals surface area contributed by atoms with Gasteiger partial charge in [-0.3, -0.25) is 4.79 Å². The highest BCUT2D eigenvalue weighted by Gasteiger charge is 2.27. The van der Waals surface area contributed by atoms with Crippen LogP contribution in [0.4, 0.5) is 5.69 Å². The van der Waals surface area contributed by atoms with Gasteiger partial charge in [0, 0.05) is 17.2 Å². The third kappa shape index (κ3) is 8.74. The number of carbonyl (C=O) groups excluding carboxylic acids is 1. The molecular formula is C33H39NO5. The molecule has 3 aromatic rings. The number of rotatable bonds is 13. The molecule has 0 radical (unpaired) electrons. The van der Waals surface area contributed by atoms with Gasteiger partial charge in [0.15, 0.2) is 0 Å². The van der Waals surface area contributed by atoms with Crippen LogP contribution in [-0.4, -0.2) is 23.6 Å². The second-order valence-electron chi connectivity index (χ2n) is 10.4.